The average Bonchev–Trinajstić information content (AvgIpc) is 3.11. The van der Waals surface area contributed by atoms with E-state index in [1.54, 1.807) is 34.1 Å². The second-order valence-corrected chi connectivity index (χ2v) is 7.23. The summed E-state index contributed by atoms with van der Waals surface area (Å²) in [6, 6.07) is 1.58. The molecule has 0 aromatic carbocycles. The molecule has 0 radical (unpaired) electrons. The first-order valence-corrected chi connectivity index (χ1v) is 8.71. The van der Waals surface area contributed by atoms with Crippen molar-refractivity contribution in [1.82, 2.24) is 19.5 Å². The fraction of sp³-hybridized carbons (Fsp3) is 0.267. The van der Waals surface area contributed by atoms with Gasteiger partial charge in [0.05, 0.1) is 15.0 Å². The molecule has 0 saturated heterocycles. The lowest BCUT2D eigenvalue weighted by molar-refractivity contribution is 0.0646. The van der Waals surface area contributed by atoms with E-state index in [-0.39, 0.29) is 11.9 Å². The minimum absolute atomic E-state index is 0.114. The lowest BCUT2D eigenvalue weighted by Gasteiger charge is -2.31. The molecule has 3 aromatic heterocycles. The van der Waals surface area contributed by atoms with Crippen LogP contribution in [-0.4, -0.2) is 31.9 Å². The first kappa shape index (κ1) is 14.9. The van der Waals surface area contributed by atoms with Crippen molar-refractivity contribution in [2.75, 3.05) is 6.54 Å². The number of carbonyl (C=O) groups is 1. The van der Waals surface area contributed by atoms with Crippen molar-refractivity contribution in [2.24, 2.45) is 0 Å². The van der Waals surface area contributed by atoms with Gasteiger partial charge in [0.2, 0.25) is 0 Å². The SMILES string of the molecule is CC1c2occ(Br)c2CCN1C(=O)c1cc2ncc(Br)cn2n1. The molecule has 1 amide bonds. The van der Waals surface area contributed by atoms with E-state index in [1.807, 2.05) is 6.92 Å². The van der Waals surface area contributed by atoms with Gasteiger partial charge in [0.1, 0.15) is 12.0 Å². The molecule has 6 nitrogen and oxygen atoms in total. The van der Waals surface area contributed by atoms with Gasteiger partial charge in [-0.2, -0.15) is 5.10 Å². The highest BCUT2D eigenvalue weighted by Crippen LogP contribution is 2.35. The van der Waals surface area contributed by atoms with Crippen LogP contribution in [0, 0.1) is 0 Å². The molecule has 0 bridgehead atoms. The smallest absolute Gasteiger partial charge is 0.275 e. The summed E-state index contributed by atoms with van der Waals surface area (Å²) in [7, 11) is 0. The summed E-state index contributed by atoms with van der Waals surface area (Å²) in [6.07, 6.45) is 5.91. The molecule has 1 unspecified atom stereocenters. The Morgan fingerprint density at radius 3 is 3.09 bits per heavy atom. The van der Waals surface area contributed by atoms with Crippen LogP contribution in [0.4, 0.5) is 0 Å². The molecular formula is C15H12Br2N4O2. The third-order valence-electron chi connectivity index (χ3n) is 4.09. The number of furan rings is 1. The Morgan fingerprint density at radius 1 is 1.43 bits per heavy atom. The number of fused-ring (bicyclic) bond motifs is 2. The summed E-state index contributed by atoms with van der Waals surface area (Å²) in [5, 5.41) is 4.34. The molecule has 118 valence electrons. The van der Waals surface area contributed by atoms with Gasteiger partial charge in [-0.25, -0.2) is 9.50 Å². The van der Waals surface area contributed by atoms with Crippen molar-refractivity contribution in [3.63, 3.8) is 0 Å². The number of hydrogen-bond acceptors (Lipinski definition) is 4. The Bertz CT molecular complexity index is 917. The molecule has 3 aromatic rings. The van der Waals surface area contributed by atoms with Crippen molar-refractivity contribution in [3.05, 3.63) is 50.7 Å². The number of rotatable bonds is 1. The first-order chi connectivity index (χ1) is 11.0. The van der Waals surface area contributed by atoms with E-state index in [9.17, 15) is 4.79 Å². The fourth-order valence-corrected chi connectivity index (χ4v) is 3.70. The lowest BCUT2D eigenvalue weighted by atomic mass is 10.0. The Kier molecular flexibility index (Phi) is 3.53. The summed E-state index contributed by atoms with van der Waals surface area (Å²) in [5.74, 6) is 0.721. The number of amides is 1. The molecule has 0 aliphatic carbocycles. The third kappa shape index (κ3) is 2.40. The zero-order chi connectivity index (χ0) is 16.1. The quantitative estimate of drug-likeness (QED) is 0.581. The maximum atomic E-state index is 12.8. The number of halogens is 2. The van der Waals surface area contributed by atoms with Gasteiger partial charge in [-0.3, -0.25) is 4.79 Å². The van der Waals surface area contributed by atoms with Crippen LogP contribution in [0.2, 0.25) is 0 Å². The second-order valence-electron chi connectivity index (χ2n) is 5.46. The zero-order valence-electron chi connectivity index (χ0n) is 12.2. The molecule has 4 rings (SSSR count). The van der Waals surface area contributed by atoms with E-state index in [0.717, 1.165) is 26.7 Å². The standard InChI is InChI=1S/C15H12Br2N4O2/c1-8-14-10(11(17)7-23-14)2-3-20(8)15(22)12-4-13-18-5-9(16)6-21(13)19-12/h4-8H,2-3H2,1H3. The van der Waals surface area contributed by atoms with Crippen LogP contribution in [-0.2, 0) is 6.42 Å². The molecule has 4 heterocycles. The molecule has 0 fully saturated rings. The average molecular weight is 440 g/mol. The summed E-state index contributed by atoms with van der Waals surface area (Å²) in [6.45, 7) is 2.60. The molecule has 8 heteroatoms. The van der Waals surface area contributed by atoms with Gasteiger partial charge in [-0.1, -0.05) is 0 Å². The Hall–Kier alpha value is -1.67. The van der Waals surface area contributed by atoms with Crippen molar-refractivity contribution >= 4 is 43.4 Å². The second kappa shape index (κ2) is 5.45. The van der Waals surface area contributed by atoms with Crippen LogP contribution in [0.1, 0.15) is 34.8 Å². The minimum Gasteiger partial charge on any atom is -0.466 e. The van der Waals surface area contributed by atoms with Crippen LogP contribution in [0.3, 0.4) is 0 Å². The molecule has 0 N–H and O–H groups in total. The van der Waals surface area contributed by atoms with E-state index in [2.05, 4.69) is 41.9 Å². The highest BCUT2D eigenvalue weighted by atomic mass is 79.9. The van der Waals surface area contributed by atoms with Crippen molar-refractivity contribution < 1.29 is 9.21 Å². The van der Waals surface area contributed by atoms with Crippen LogP contribution in [0.25, 0.3) is 5.65 Å². The van der Waals surface area contributed by atoms with Crippen molar-refractivity contribution in [1.29, 1.82) is 0 Å². The number of nitrogens with zero attached hydrogens (tertiary/aromatic N) is 4. The number of aromatic nitrogens is 3. The predicted octanol–water partition coefficient (Wildman–Crippen LogP) is 3.61. The molecule has 0 saturated carbocycles. The molecule has 1 aliphatic heterocycles. The van der Waals surface area contributed by atoms with Crippen LogP contribution < -0.4 is 0 Å². The van der Waals surface area contributed by atoms with Crippen LogP contribution >= 0.6 is 31.9 Å². The van der Waals surface area contributed by atoms with E-state index >= 15 is 0 Å². The Balaban J connectivity index is 1.68. The molecule has 0 spiro atoms. The highest BCUT2D eigenvalue weighted by molar-refractivity contribution is 9.10. The third-order valence-corrected chi connectivity index (χ3v) is 5.16. The van der Waals surface area contributed by atoms with Crippen LogP contribution in [0.5, 0.6) is 0 Å². The summed E-state index contributed by atoms with van der Waals surface area (Å²) in [5.41, 5.74) is 2.17. The number of carbonyl (C=O) groups excluding carboxylic acids is 1. The van der Waals surface area contributed by atoms with Gasteiger partial charge in [0, 0.05) is 30.6 Å². The largest absolute Gasteiger partial charge is 0.466 e. The van der Waals surface area contributed by atoms with Gasteiger partial charge in [0.15, 0.2) is 11.3 Å². The van der Waals surface area contributed by atoms with Gasteiger partial charge >= 0.3 is 0 Å². The van der Waals surface area contributed by atoms with E-state index in [1.165, 1.54) is 0 Å². The topological polar surface area (TPSA) is 63.6 Å². The maximum Gasteiger partial charge on any atom is 0.275 e. The van der Waals surface area contributed by atoms with Gasteiger partial charge < -0.3 is 9.32 Å². The zero-order valence-corrected chi connectivity index (χ0v) is 15.3. The Labute approximate surface area is 148 Å². The highest BCUT2D eigenvalue weighted by Gasteiger charge is 2.33. The van der Waals surface area contributed by atoms with Crippen molar-refractivity contribution in [3.8, 4) is 0 Å². The number of hydrogen-bond donors (Lipinski definition) is 0. The molecule has 1 atom stereocenters. The van der Waals surface area contributed by atoms with Crippen LogP contribution in [0.15, 0.2) is 38.1 Å². The van der Waals surface area contributed by atoms with E-state index in [4.69, 9.17) is 4.42 Å². The normalized spacial score (nSPS) is 17.5. The molecular weight excluding hydrogens is 428 g/mol. The lowest BCUT2D eigenvalue weighted by Crippen LogP contribution is -2.38. The fourth-order valence-electron chi connectivity index (χ4n) is 2.92. The van der Waals surface area contributed by atoms with Gasteiger partial charge in [0.25, 0.3) is 5.91 Å². The predicted molar refractivity (Wildman–Crippen MR) is 90.3 cm³/mol. The first-order valence-electron chi connectivity index (χ1n) is 7.12. The van der Waals surface area contributed by atoms with Crippen molar-refractivity contribution in [2.45, 2.75) is 19.4 Å². The summed E-state index contributed by atoms with van der Waals surface area (Å²) < 4.78 is 8.98. The maximum absolute atomic E-state index is 12.8. The molecule has 23 heavy (non-hydrogen) atoms. The summed E-state index contributed by atoms with van der Waals surface area (Å²) >= 11 is 6.84. The summed E-state index contributed by atoms with van der Waals surface area (Å²) in [4.78, 5) is 18.9. The van der Waals surface area contributed by atoms with E-state index < -0.39 is 0 Å². The molecule has 1 aliphatic rings. The van der Waals surface area contributed by atoms with Gasteiger partial charge in [-0.15, -0.1) is 0 Å². The minimum atomic E-state index is -0.123. The Morgan fingerprint density at radius 2 is 2.26 bits per heavy atom. The van der Waals surface area contributed by atoms with Gasteiger partial charge in [-0.05, 0) is 45.2 Å². The van der Waals surface area contributed by atoms with E-state index in [0.29, 0.717) is 17.9 Å². The monoisotopic (exact) mass is 438 g/mol.